The SMILES string of the molecule is C=C(C)[C@@H]1CCC(C)=C[C@@H]1c1c(O)cc(CCCCCCCCCCCCCCCCCCCC)cc1O.CC(C)[CH2][Al]([CH2]C(C)C)[CH2]C(C)C.CCCCCCCCCCCCCCCCCCCCc1cc(O)c2c(c1)OC(C)(C)[C@@H]1CCC(C)=C[C@H]21.ClCCl. The lowest BCUT2D eigenvalue weighted by Gasteiger charge is -2.46. The first kappa shape index (κ1) is 86.1. The molecule has 2 aliphatic carbocycles. The van der Waals surface area contributed by atoms with Crippen molar-refractivity contribution in [1.29, 1.82) is 0 Å². The van der Waals surface area contributed by atoms with Crippen LogP contribution in [-0.2, 0) is 12.8 Å². The first-order valence-corrected chi connectivity index (χ1v) is 42.9. The lowest BCUT2D eigenvalue weighted by atomic mass is 9.68. The number of phenolic OH excluding ortho intramolecular Hbond substituents is 3. The van der Waals surface area contributed by atoms with Gasteiger partial charge in [0.2, 0.25) is 0 Å². The molecule has 0 saturated heterocycles. The summed E-state index contributed by atoms with van der Waals surface area (Å²) < 4.78 is 6.50. The summed E-state index contributed by atoms with van der Waals surface area (Å²) in [5.41, 5.74) is 7.68. The van der Waals surface area contributed by atoms with Crippen molar-refractivity contribution in [2.45, 2.75) is 393 Å². The van der Waals surface area contributed by atoms with Crippen molar-refractivity contribution < 1.29 is 20.1 Å². The summed E-state index contributed by atoms with van der Waals surface area (Å²) in [6, 6.07) is 8.01. The normalized spacial score (nSPS) is 17.3. The van der Waals surface area contributed by atoms with E-state index in [-0.39, 0.29) is 40.2 Å². The Morgan fingerprint density at radius 2 is 0.772 bits per heavy atom. The zero-order valence-electron chi connectivity index (χ0n) is 62.8. The van der Waals surface area contributed by atoms with E-state index in [9.17, 15) is 15.3 Å². The van der Waals surface area contributed by atoms with Gasteiger partial charge >= 0.3 is 0 Å². The molecule has 0 spiro atoms. The van der Waals surface area contributed by atoms with Crippen molar-refractivity contribution in [3.05, 3.63) is 82.0 Å². The van der Waals surface area contributed by atoms with Gasteiger partial charge in [-0.2, -0.15) is 0 Å². The van der Waals surface area contributed by atoms with Crippen LogP contribution in [0.2, 0.25) is 15.8 Å². The zero-order valence-corrected chi connectivity index (χ0v) is 65.5. The second-order valence-corrected chi connectivity index (χ2v) is 35.3. The predicted molar refractivity (Wildman–Crippen MR) is 412 cm³/mol. The molecule has 0 saturated carbocycles. The van der Waals surface area contributed by atoms with Gasteiger partial charge in [0.1, 0.15) is 28.6 Å². The van der Waals surface area contributed by atoms with Crippen LogP contribution < -0.4 is 4.74 Å². The third-order valence-electron chi connectivity index (χ3n) is 20.5. The van der Waals surface area contributed by atoms with E-state index in [1.165, 1.54) is 241 Å². The third-order valence-corrected chi connectivity index (χ3v) is 25.3. The van der Waals surface area contributed by atoms with Gasteiger partial charge in [-0.05, 0) is 127 Å². The van der Waals surface area contributed by atoms with Crippen LogP contribution in [0.25, 0.3) is 0 Å². The average molecular weight is 1330 g/mol. The Morgan fingerprint density at radius 3 is 1.10 bits per heavy atom. The van der Waals surface area contributed by atoms with E-state index >= 15 is 0 Å². The van der Waals surface area contributed by atoms with Gasteiger partial charge in [-0.1, -0.05) is 343 Å². The number of alkyl halides is 2. The molecule has 3 aliphatic rings. The van der Waals surface area contributed by atoms with E-state index < -0.39 is 14.1 Å². The molecule has 0 fully saturated rings. The fraction of sp³-hybridized carbons (Fsp3) is 0.788. The molecule has 0 radical (unpaired) electrons. The second kappa shape index (κ2) is 53.0. The van der Waals surface area contributed by atoms with Crippen molar-refractivity contribution >= 4 is 37.4 Å². The molecule has 0 amide bonds. The average Bonchev–Trinajstić information content (AvgIpc) is 0.757. The molecule has 1 aliphatic heterocycles. The zero-order chi connectivity index (χ0) is 67.9. The Kier molecular flexibility index (Phi) is 49.6. The van der Waals surface area contributed by atoms with E-state index in [2.05, 4.69) is 115 Å². The van der Waals surface area contributed by atoms with E-state index in [0.717, 1.165) is 85.1 Å². The maximum atomic E-state index is 11.0. The molecule has 4 nitrogen and oxygen atoms in total. The highest BCUT2D eigenvalue weighted by molar-refractivity contribution is 6.58. The summed E-state index contributed by atoms with van der Waals surface area (Å²) in [4.78, 5) is 0. The molecule has 1 heterocycles. The Morgan fingerprint density at radius 1 is 0.478 bits per heavy atom. The molecule has 3 N–H and O–H groups in total. The van der Waals surface area contributed by atoms with Crippen molar-refractivity contribution in [2.75, 3.05) is 5.34 Å². The molecule has 0 unspecified atom stereocenters. The number of allylic oxidation sites excluding steroid dienone is 5. The molecule has 7 heteroatoms. The summed E-state index contributed by atoms with van der Waals surface area (Å²) in [5.74, 6) is 5.62. The summed E-state index contributed by atoms with van der Waals surface area (Å²) in [6.45, 7) is 33.9. The second-order valence-electron chi connectivity index (χ2n) is 31.4. The summed E-state index contributed by atoms with van der Waals surface area (Å²) in [6.07, 6.45) is 61.1. The van der Waals surface area contributed by atoms with E-state index in [1.807, 2.05) is 18.2 Å². The predicted octanol–water partition coefficient (Wildman–Crippen LogP) is 29.2. The van der Waals surface area contributed by atoms with Crippen LogP contribution in [0.15, 0.2) is 59.7 Å². The molecule has 5 rings (SSSR count). The van der Waals surface area contributed by atoms with Crippen LogP contribution >= 0.6 is 23.2 Å². The fourth-order valence-corrected chi connectivity index (χ4v) is 20.1. The molecule has 0 aromatic heterocycles. The van der Waals surface area contributed by atoms with Crippen LogP contribution in [-0.4, -0.2) is 40.4 Å². The van der Waals surface area contributed by atoms with Gasteiger partial charge in [-0.15, -0.1) is 23.2 Å². The highest BCUT2D eigenvalue weighted by atomic mass is 35.5. The van der Waals surface area contributed by atoms with E-state index in [1.54, 1.807) is 15.8 Å². The minimum Gasteiger partial charge on any atom is -0.507 e. The van der Waals surface area contributed by atoms with Gasteiger partial charge < -0.3 is 20.1 Å². The summed E-state index contributed by atoms with van der Waals surface area (Å²) in [7, 11) is 0. The molecular formula is C85H149AlCl2O4. The topological polar surface area (TPSA) is 69.9 Å². The van der Waals surface area contributed by atoms with E-state index in [4.69, 9.17) is 27.9 Å². The number of benzene rings is 2. The smallest absolute Gasteiger partial charge is 0.262 e. The minimum atomic E-state index is -0.407. The lowest BCUT2D eigenvalue weighted by Crippen LogP contribution is -2.45. The minimum absolute atomic E-state index is 0.0143. The fourth-order valence-electron chi connectivity index (χ4n) is 15.5. The quantitative estimate of drug-likeness (QED) is 0.0267. The maximum Gasteiger partial charge on any atom is 0.262 e. The Labute approximate surface area is 586 Å². The molecule has 92 heavy (non-hydrogen) atoms. The Bertz CT molecular complexity index is 2180. The first-order valence-electron chi connectivity index (χ1n) is 39.4. The van der Waals surface area contributed by atoms with Crippen LogP contribution in [0.4, 0.5) is 0 Å². The monoisotopic (exact) mass is 1330 g/mol. The third kappa shape index (κ3) is 38.8. The van der Waals surface area contributed by atoms with Gasteiger partial charge in [-0.25, -0.2) is 0 Å². The number of ether oxygens (including phenoxy) is 1. The number of hydrogen-bond acceptors (Lipinski definition) is 4. The van der Waals surface area contributed by atoms with Gasteiger partial charge in [0.05, 0.1) is 5.34 Å². The van der Waals surface area contributed by atoms with Crippen LogP contribution in [0, 0.1) is 29.6 Å². The summed E-state index contributed by atoms with van der Waals surface area (Å²) in [5, 5.41) is 37.5. The number of aryl methyl sites for hydroxylation is 2. The number of phenols is 3. The molecular weight excluding hydrogens is 1180 g/mol. The van der Waals surface area contributed by atoms with Gasteiger partial charge in [0, 0.05) is 28.9 Å². The molecule has 2 aromatic rings. The number of unbranched alkanes of at least 4 members (excludes halogenated alkanes) is 34. The van der Waals surface area contributed by atoms with Crippen molar-refractivity contribution in [1.82, 2.24) is 0 Å². The van der Waals surface area contributed by atoms with Crippen molar-refractivity contribution in [3.63, 3.8) is 0 Å². The first-order chi connectivity index (χ1) is 44.2. The van der Waals surface area contributed by atoms with Crippen molar-refractivity contribution in [3.8, 4) is 23.0 Å². The Balaban J connectivity index is 0.000000508. The lowest BCUT2D eigenvalue weighted by molar-refractivity contribution is 0.0107. The highest BCUT2D eigenvalue weighted by Gasteiger charge is 2.45. The molecule has 530 valence electrons. The maximum absolute atomic E-state index is 11.0. The molecule has 4 atom stereocenters. The number of rotatable bonds is 46. The van der Waals surface area contributed by atoms with Crippen LogP contribution in [0.3, 0.4) is 0 Å². The van der Waals surface area contributed by atoms with Crippen LogP contribution in [0.1, 0.15) is 381 Å². The van der Waals surface area contributed by atoms with E-state index in [0.29, 0.717) is 17.2 Å². The largest absolute Gasteiger partial charge is 0.507 e. The molecule has 0 bridgehead atoms. The highest BCUT2D eigenvalue weighted by Crippen LogP contribution is 2.54. The number of aromatic hydroxyl groups is 3. The van der Waals surface area contributed by atoms with Gasteiger partial charge in [0.25, 0.3) is 14.1 Å². The summed E-state index contributed by atoms with van der Waals surface area (Å²) >= 11 is 9.12. The standard InChI is InChI=1S/2C36H60O2.3C4H9.CH2Cl2.Al/c1-5-6-7-8-9-10-11-12-13-14-15-16-17-18-19-20-21-22-23-30-27-33(37)35-31-26-29(2)24-25-32(31)36(3,4)38-34(35)28-30;1-5-6-7-8-9-10-11-12-13-14-15-16-17-18-19-20-21-22-23-31-27-34(37)36(35(38)28-31)33-26-30(4)24-25-32(33)29(2)3;3*1-4(2)3;2-1-3;/h26-28,31-32,37H,5-25H2,1-4H3;26-28,32-33,37-38H,2,5-25H2,1,3-4H3;3*4H,1H2,2-3H3;1H2;/t31-,32+;32-,33-;;;;;/m00...../s1. The van der Waals surface area contributed by atoms with Crippen molar-refractivity contribution in [2.24, 2.45) is 29.6 Å². The number of fused-ring (bicyclic) bond motifs is 3. The van der Waals surface area contributed by atoms with Crippen LogP contribution in [0.5, 0.6) is 23.0 Å². The molecule has 2 aromatic carbocycles. The number of hydrogen-bond donors (Lipinski definition) is 3. The van der Waals surface area contributed by atoms with Gasteiger partial charge in [0.15, 0.2) is 0 Å². The Hall–Kier alpha value is -2.03. The number of halogens is 2. The van der Waals surface area contributed by atoms with Gasteiger partial charge in [-0.3, -0.25) is 0 Å².